The first kappa shape index (κ1) is 22.7. The fraction of sp³-hybridized carbons (Fsp3) is 0.200. The van der Waals surface area contributed by atoms with Gasteiger partial charge in [-0.05, 0) is 51.1 Å². The van der Waals surface area contributed by atoms with Gasteiger partial charge in [-0.3, -0.25) is 4.79 Å². The summed E-state index contributed by atoms with van der Waals surface area (Å²) in [5, 5.41) is 2.98. The zero-order valence-electron chi connectivity index (χ0n) is 16.8. The van der Waals surface area contributed by atoms with Crippen LogP contribution in [0.2, 0.25) is 5.02 Å². The summed E-state index contributed by atoms with van der Waals surface area (Å²) in [6.07, 6.45) is 1.24. The highest BCUT2D eigenvalue weighted by Gasteiger charge is 2.27. The van der Waals surface area contributed by atoms with Gasteiger partial charge in [0.2, 0.25) is 0 Å². The van der Waals surface area contributed by atoms with Gasteiger partial charge in [0.05, 0.1) is 11.4 Å². The zero-order valence-corrected chi connectivity index (χ0v) is 18.4. The molecule has 3 rings (SSSR count). The number of rotatable bonds is 6. The molecule has 1 heterocycles. The maximum absolute atomic E-state index is 14.4. The topological polar surface area (TPSA) is 93.1 Å². The van der Waals surface area contributed by atoms with Crippen LogP contribution in [0.1, 0.15) is 30.2 Å². The van der Waals surface area contributed by atoms with Crippen LogP contribution in [-0.4, -0.2) is 29.9 Å². The molecule has 0 aliphatic rings. The SMILES string of the molecule is Cc1nc(C(=O)NS(=O)(=O)c2c(F)cccc2NC(C)C)cn1-c1cc(F)cc(Cl)c1. The van der Waals surface area contributed by atoms with Crippen LogP contribution in [0, 0.1) is 18.6 Å². The van der Waals surface area contributed by atoms with Gasteiger partial charge < -0.3 is 9.88 Å². The standard InChI is InChI=1S/C20H19ClF2N4O3S/c1-11(2)24-17-6-4-5-16(23)19(17)31(29,30)26-20(28)18-10-27(12(3)25-18)15-8-13(21)7-14(22)9-15/h4-11,24H,1-3H3,(H,26,28). The number of sulfonamides is 1. The Kier molecular flexibility index (Phi) is 6.33. The van der Waals surface area contributed by atoms with Gasteiger partial charge in [0, 0.05) is 17.3 Å². The van der Waals surface area contributed by atoms with Crippen molar-refractivity contribution in [3.8, 4) is 5.69 Å². The number of hydrogen-bond acceptors (Lipinski definition) is 5. The van der Waals surface area contributed by atoms with Gasteiger partial charge in [-0.25, -0.2) is 26.9 Å². The molecule has 7 nitrogen and oxygen atoms in total. The van der Waals surface area contributed by atoms with Crippen LogP contribution in [0.5, 0.6) is 0 Å². The summed E-state index contributed by atoms with van der Waals surface area (Å²) < 4.78 is 56.8. The third-order valence-corrected chi connectivity index (χ3v) is 5.77. The van der Waals surface area contributed by atoms with Crippen LogP contribution >= 0.6 is 11.6 Å². The van der Waals surface area contributed by atoms with E-state index < -0.39 is 32.5 Å². The summed E-state index contributed by atoms with van der Waals surface area (Å²) in [7, 11) is -4.56. The summed E-state index contributed by atoms with van der Waals surface area (Å²) in [6.45, 7) is 5.06. The first-order valence-electron chi connectivity index (χ1n) is 9.12. The Bertz CT molecular complexity index is 1240. The van der Waals surface area contributed by atoms with Crippen molar-refractivity contribution < 1.29 is 22.0 Å². The molecule has 11 heteroatoms. The van der Waals surface area contributed by atoms with Crippen LogP contribution in [0.3, 0.4) is 0 Å². The number of aromatic nitrogens is 2. The van der Waals surface area contributed by atoms with Crippen molar-refractivity contribution in [2.45, 2.75) is 31.7 Å². The van der Waals surface area contributed by atoms with E-state index in [0.717, 1.165) is 12.1 Å². The van der Waals surface area contributed by atoms with Crippen molar-refractivity contribution in [2.24, 2.45) is 0 Å². The molecule has 31 heavy (non-hydrogen) atoms. The lowest BCUT2D eigenvalue weighted by molar-refractivity contribution is 0.0977. The molecule has 1 aromatic heterocycles. The van der Waals surface area contributed by atoms with Crippen LogP contribution in [0.25, 0.3) is 5.69 Å². The van der Waals surface area contributed by atoms with E-state index in [4.69, 9.17) is 11.6 Å². The van der Waals surface area contributed by atoms with E-state index in [0.29, 0.717) is 5.69 Å². The van der Waals surface area contributed by atoms with Crippen molar-refractivity contribution in [1.82, 2.24) is 14.3 Å². The monoisotopic (exact) mass is 468 g/mol. The van der Waals surface area contributed by atoms with E-state index in [1.807, 2.05) is 4.72 Å². The zero-order chi connectivity index (χ0) is 22.9. The lowest BCUT2D eigenvalue weighted by Gasteiger charge is -2.15. The minimum absolute atomic E-state index is 0.0198. The predicted octanol–water partition coefficient (Wildman–Crippen LogP) is 4.05. The third kappa shape index (κ3) is 5.02. The molecular formula is C20H19ClF2N4O3S. The van der Waals surface area contributed by atoms with E-state index in [2.05, 4.69) is 10.3 Å². The van der Waals surface area contributed by atoms with Crippen molar-refractivity contribution >= 4 is 33.2 Å². The Labute approximate surface area is 183 Å². The number of benzene rings is 2. The van der Waals surface area contributed by atoms with Crippen LogP contribution in [-0.2, 0) is 10.0 Å². The quantitative estimate of drug-likeness (QED) is 0.569. The molecule has 0 spiro atoms. The van der Waals surface area contributed by atoms with Gasteiger partial charge in [-0.15, -0.1) is 0 Å². The molecule has 0 aliphatic heterocycles. The number of amides is 1. The van der Waals surface area contributed by atoms with E-state index in [1.165, 1.54) is 35.0 Å². The second kappa shape index (κ2) is 8.64. The molecule has 2 aromatic carbocycles. The predicted molar refractivity (Wildman–Crippen MR) is 113 cm³/mol. The molecule has 0 bridgehead atoms. The fourth-order valence-electron chi connectivity index (χ4n) is 2.95. The maximum Gasteiger partial charge on any atom is 0.285 e. The van der Waals surface area contributed by atoms with Crippen molar-refractivity contribution in [2.75, 3.05) is 5.32 Å². The van der Waals surface area contributed by atoms with E-state index in [1.54, 1.807) is 20.8 Å². The molecule has 0 fully saturated rings. The van der Waals surface area contributed by atoms with Gasteiger partial charge in [0.25, 0.3) is 15.9 Å². The fourth-order valence-corrected chi connectivity index (χ4v) is 4.36. The Balaban J connectivity index is 1.94. The number of halogens is 3. The first-order chi connectivity index (χ1) is 14.5. The Morgan fingerprint density at radius 3 is 2.55 bits per heavy atom. The van der Waals surface area contributed by atoms with Gasteiger partial charge in [-0.1, -0.05) is 17.7 Å². The van der Waals surface area contributed by atoms with Crippen LogP contribution in [0.15, 0.2) is 47.5 Å². The molecule has 1 amide bonds. The van der Waals surface area contributed by atoms with Crippen molar-refractivity contribution in [3.05, 3.63) is 70.8 Å². The molecule has 0 unspecified atom stereocenters. The summed E-state index contributed by atoms with van der Waals surface area (Å²) in [5.41, 5.74) is 0.0667. The van der Waals surface area contributed by atoms with Crippen LogP contribution in [0.4, 0.5) is 14.5 Å². The van der Waals surface area contributed by atoms with E-state index in [-0.39, 0.29) is 28.3 Å². The molecule has 0 radical (unpaired) electrons. The van der Waals surface area contributed by atoms with Gasteiger partial charge in [0.1, 0.15) is 28.0 Å². The van der Waals surface area contributed by atoms with E-state index >= 15 is 0 Å². The average Bonchev–Trinajstić information content (AvgIpc) is 3.02. The second-order valence-electron chi connectivity index (χ2n) is 7.02. The number of nitrogens with zero attached hydrogens (tertiary/aromatic N) is 2. The lowest BCUT2D eigenvalue weighted by atomic mass is 10.3. The lowest BCUT2D eigenvalue weighted by Crippen LogP contribution is -2.32. The highest BCUT2D eigenvalue weighted by atomic mass is 35.5. The molecular weight excluding hydrogens is 450 g/mol. The number of imidazole rings is 1. The first-order valence-corrected chi connectivity index (χ1v) is 11.0. The number of carbonyl (C=O) groups excluding carboxylic acids is 1. The minimum atomic E-state index is -4.56. The number of hydrogen-bond donors (Lipinski definition) is 2. The highest BCUT2D eigenvalue weighted by molar-refractivity contribution is 7.90. The highest BCUT2D eigenvalue weighted by Crippen LogP contribution is 2.25. The van der Waals surface area contributed by atoms with Crippen molar-refractivity contribution in [1.29, 1.82) is 0 Å². The largest absolute Gasteiger partial charge is 0.382 e. The Morgan fingerprint density at radius 2 is 1.90 bits per heavy atom. The molecule has 164 valence electrons. The summed E-state index contributed by atoms with van der Waals surface area (Å²) in [5.74, 6) is -2.38. The Morgan fingerprint density at radius 1 is 1.19 bits per heavy atom. The summed E-state index contributed by atoms with van der Waals surface area (Å²) in [6, 6.07) is 7.32. The van der Waals surface area contributed by atoms with Crippen LogP contribution < -0.4 is 10.0 Å². The third-order valence-electron chi connectivity index (χ3n) is 4.15. The van der Waals surface area contributed by atoms with E-state index in [9.17, 15) is 22.0 Å². The Hall–Kier alpha value is -2.98. The number of anilines is 1. The maximum atomic E-state index is 14.4. The summed E-state index contributed by atoms with van der Waals surface area (Å²) in [4.78, 5) is 16.0. The normalized spacial score (nSPS) is 11.6. The molecule has 0 atom stereocenters. The number of nitrogens with one attached hydrogen (secondary N) is 2. The van der Waals surface area contributed by atoms with Gasteiger partial charge in [-0.2, -0.15) is 0 Å². The number of aryl methyl sites for hydroxylation is 1. The smallest absolute Gasteiger partial charge is 0.285 e. The van der Waals surface area contributed by atoms with Gasteiger partial charge >= 0.3 is 0 Å². The number of carbonyl (C=O) groups is 1. The summed E-state index contributed by atoms with van der Waals surface area (Å²) >= 11 is 5.87. The molecule has 0 saturated heterocycles. The van der Waals surface area contributed by atoms with Gasteiger partial charge in [0.15, 0.2) is 0 Å². The molecule has 2 N–H and O–H groups in total. The molecule has 3 aromatic rings. The molecule has 0 aliphatic carbocycles. The molecule has 0 saturated carbocycles. The van der Waals surface area contributed by atoms with Crippen molar-refractivity contribution in [3.63, 3.8) is 0 Å². The average molecular weight is 469 g/mol. The second-order valence-corrected chi connectivity index (χ2v) is 9.08. The minimum Gasteiger partial charge on any atom is -0.382 e.